The Bertz CT molecular complexity index is 263. The first-order chi connectivity index (χ1) is 6.34. The van der Waals surface area contributed by atoms with Crippen LogP contribution in [0.15, 0.2) is 0 Å². The lowest BCUT2D eigenvalue weighted by Crippen LogP contribution is -2.53. The van der Waals surface area contributed by atoms with Gasteiger partial charge in [-0.05, 0) is 12.8 Å². The van der Waals surface area contributed by atoms with E-state index in [1.807, 2.05) is 0 Å². The molecule has 1 aliphatic rings. The van der Waals surface area contributed by atoms with Crippen LogP contribution >= 0.6 is 0 Å². The van der Waals surface area contributed by atoms with Crippen molar-refractivity contribution in [2.24, 2.45) is 0 Å². The number of hydrogen-bond acceptors (Lipinski definition) is 2. The van der Waals surface area contributed by atoms with Crippen molar-refractivity contribution in [2.75, 3.05) is 0 Å². The highest BCUT2D eigenvalue weighted by atomic mass is 19.4. The molecule has 0 aliphatic carbocycles. The summed E-state index contributed by atoms with van der Waals surface area (Å²) in [6, 6.07) is -2.18. The van der Waals surface area contributed by atoms with E-state index in [2.05, 4.69) is 0 Å². The number of carbonyl (C=O) groups excluding carboxylic acids is 1. The molecule has 0 bridgehead atoms. The van der Waals surface area contributed by atoms with Gasteiger partial charge in [-0.2, -0.15) is 13.2 Å². The fourth-order valence-electron chi connectivity index (χ4n) is 1.42. The fraction of sp³-hybridized carbons (Fsp3) is 0.714. The van der Waals surface area contributed by atoms with Gasteiger partial charge in [-0.25, -0.2) is 9.69 Å². The van der Waals surface area contributed by atoms with Crippen molar-refractivity contribution < 1.29 is 27.9 Å². The molecule has 0 aromatic heterocycles. The largest absolute Gasteiger partial charge is 0.465 e. The second-order valence-electron chi connectivity index (χ2n) is 3.00. The maximum Gasteiger partial charge on any atom is 0.414 e. The molecule has 1 N–H and O–H groups in total. The Morgan fingerprint density at radius 3 is 2.43 bits per heavy atom. The van der Waals surface area contributed by atoms with Gasteiger partial charge < -0.3 is 5.11 Å². The van der Waals surface area contributed by atoms with Crippen LogP contribution in [0.3, 0.4) is 0 Å². The molecule has 1 atom stereocenters. The number of piperidine rings is 1. The molecule has 14 heavy (non-hydrogen) atoms. The molecule has 0 spiro atoms. The summed E-state index contributed by atoms with van der Waals surface area (Å²) in [5.74, 6) is -0.980. The second kappa shape index (κ2) is 3.47. The van der Waals surface area contributed by atoms with E-state index in [-0.39, 0.29) is 24.2 Å². The van der Waals surface area contributed by atoms with Crippen molar-refractivity contribution in [3.05, 3.63) is 0 Å². The zero-order valence-electron chi connectivity index (χ0n) is 7.04. The summed E-state index contributed by atoms with van der Waals surface area (Å²) in [6.07, 6.45) is -6.92. The van der Waals surface area contributed by atoms with Crippen molar-refractivity contribution in [1.29, 1.82) is 0 Å². The Morgan fingerprint density at radius 1 is 1.50 bits per heavy atom. The van der Waals surface area contributed by atoms with E-state index < -0.39 is 24.2 Å². The monoisotopic (exact) mass is 211 g/mol. The molecule has 1 fully saturated rings. The Labute approximate surface area is 77.3 Å². The van der Waals surface area contributed by atoms with E-state index in [0.717, 1.165) is 0 Å². The third-order valence-corrected chi connectivity index (χ3v) is 2.03. The van der Waals surface area contributed by atoms with Crippen molar-refractivity contribution in [1.82, 2.24) is 4.90 Å². The van der Waals surface area contributed by atoms with Crippen LogP contribution in [-0.2, 0) is 4.79 Å². The minimum Gasteiger partial charge on any atom is -0.465 e. The van der Waals surface area contributed by atoms with E-state index in [0.29, 0.717) is 0 Å². The van der Waals surface area contributed by atoms with Gasteiger partial charge >= 0.3 is 12.3 Å². The topological polar surface area (TPSA) is 57.6 Å². The first-order valence-corrected chi connectivity index (χ1v) is 3.95. The Morgan fingerprint density at radius 2 is 2.07 bits per heavy atom. The summed E-state index contributed by atoms with van der Waals surface area (Å²) in [5.41, 5.74) is 0. The van der Waals surface area contributed by atoms with E-state index in [1.54, 1.807) is 0 Å². The maximum atomic E-state index is 12.3. The maximum absolute atomic E-state index is 12.3. The number of imide groups is 1. The van der Waals surface area contributed by atoms with E-state index in [4.69, 9.17) is 5.11 Å². The van der Waals surface area contributed by atoms with Crippen molar-refractivity contribution >= 4 is 12.0 Å². The average molecular weight is 211 g/mol. The van der Waals surface area contributed by atoms with Gasteiger partial charge in [-0.15, -0.1) is 0 Å². The first-order valence-electron chi connectivity index (χ1n) is 3.95. The Kier molecular flexibility index (Phi) is 2.68. The smallest absolute Gasteiger partial charge is 0.414 e. The minimum absolute atomic E-state index is 0.0762. The molecule has 0 radical (unpaired) electrons. The lowest BCUT2D eigenvalue weighted by atomic mass is 10.0. The van der Waals surface area contributed by atoms with Gasteiger partial charge in [0.15, 0.2) is 0 Å². The van der Waals surface area contributed by atoms with Crippen LogP contribution in [0.25, 0.3) is 0 Å². The van der Waals surface area contributed by atoms with Gasteiger partial charge in [0, 0.05) is 6.42 Å². The fourth-order valence-corrected chi connectivity index (χ4v) is 1.42. The lowest BCUT2D eigenvalue weighted by molar-refractivity contribution is -0.190. The van der Waals surface area contributed by atoms with Gasteiger partial charge in [0.25, 0.3) is 0 Å². The van der Waals surface area contributed by atoms with E-state index in [9.17, 15) is 22.8 Å². The standard InChI is InChI=1S/C7H8F3NO3/c8-7(9,10)4-2-1-3-5(12)11(4)6(13)14/h4H,1-3H2,(H,13,14). The third-order valence-electron chi connectivity index (χ3n) is 2.03. The number of halogens is 3. The molecule has 1 unspecified atom stereocenters. The van der Waals surface area contributed by atoms with E-state index >= 15 is 0 Å². The summed E-state index contributed by atoms with van der Waals surface area (Å²) in [5, 5.41) is 8.45. The molecular weight excluding hydrogens is 203 g/mol. The molecule has 0 saturated carbocycles. The van der Waals surface area contributed by atoms with Crippen LogP contribution in [0.5, 0.6) is 0 Å². The van der Waals surface area contributed by atoms with E-state index in [1.165, 1.54) is 0 Å². The zero-order valence-corrected chi connectivity index (χ0v) is 7.04. The quantitative estimate of drug-likeness (QED) is 0.662. The van der Waals surface area contributed by atoms with Crippen LogP contribution in [0, 0.1) is 0 Å². The molecule has 1 heterocycles. The summed E-state index contributed by atoms with van der Waals surface area (Å²) < 4.78 is 36.8. The number of carbonyl (C=O) groups is 2. The highest BCUT2D eigenvalue weighted by Crippen LogP contribution is 2.32. The minimum atomic E-state index is -4.67. The van der Waals surface area contributed by atoms with Crippen LogP contribution in [0.4, 0.5) is 18.0 Å². The summed E-state index contributed by atoms with van der Waals surface area (Å²) in [7, 11) is 0. The number of alkyl halides is 3. The predicted molar refractivity (Wildman–Crippen MR) is 38.6 cm³/mol. The number of amides is 2. The predicted octanol–water partition coefficient (Wildman–Crippen LogP) is 1.61. The van der Waals surface area contributed by atoms with Crippen LogP contribution in [0.2, 0.25) is 0 Å². The molecule has 4 nitrogen and oxygen atoms in total. The van der Waals surface area contributed by atoms with Crippen LogP contribution in [-0.4, -0.2) is 34.2 Å². The molecule has 7 heteroatoms. The lowest BCUT2D eigenvalue weighted by Gasteiger charge is -2.32. The molecular formula is C7H8F3NO3. The van der Waals surface area contributed by atoms with Crippen LogP contribution in [0.1, 0.15) is 19.3 Å². The second-order valence-corrected chi connectivity index (χ2v) is 3.00. The van der Waals surface area contributed by atoms with Gasteiger partial charge in [-0.3, -0.25) is 4.79 Å². The molecule has 0 aromatic carbocycles. The highest BCUT2D eigenvalue weighted by Gasteiger charge is 2.49. The Balaban J connectivity index is 2.91. The molecule has 80 valence electrons. The summed E-state index contributed by atoms with van der Waals surface area (Å²) in [6.45, 7) is 0. The number of nitrogens with zero attached hydrogens (tertiary/aromatic N) is 1. The molecule has 1 rings (SSSR count). The van der Waals surface area contributed by atoms with Crippen molar-refractivity contribution in [2.45, 2.75) is 31.5 Å². The summed E-state index contributed by atoms with van der Waals surface area (Å²) in [4.78, 5) is 21.2. The molecule has 1 saturated heterocycles. The van der Waals surface area contributed by atoms with Crippen LogP contribution < -0.4 is 0 Å². The SMILES string of the molecule is O=C(O)N1C(=O)CCCC1C(F)(F)F. The number of rotatable bonds is 0. The molecule has 2 amide bonds. The first kappa shape index (κ1) is 10.8. The normalized spacial score (nSPS) is 23.8. The average Bonchev–Trinajstić information content (AvgIpc) is 2.01. The number of carboxylic acid groups (broad SMARTS) is 1. The highest BCUT2D eigenvalue weighted by molar-refractivity contribution is 5.92. The van der Waals surface area contributed by atoms with Gasteiger partial charge in [-0.1, -0.05) is 0 Å². The molecule has 0 aromatic rings. The van der Waals surface area contributed by atoms with Crippen molar-refractivity contribution in [3.63, 3.8) is 0 Å². The molecule has 1 aliphatic heterocycles. The summed E-state index contributed by atoms with van der Waals surface area (Å²) >= 11 is 0. The number of hydrogen-bond donors (Lipinski definition) is 1. The van der Waals surface area contributed by atoms with Gasteiger partial charge in [0.1, 0.15) is 6.04 Å². The van der Waals surface area contributed by atoms with Gasteiger partial charge in [0.05, 0.1) is 0 Å². The van der Waals surface area contributed by atoms with Gasteiger partial charge in [0.2, 0.25) is 5.91 Å². The third kappa shape index (κ3) is 1.97. The zero-order chi connectivity index (χ0) is 10.9. The number of likely N-dealkylation sites (tertiary alicyclic amines) is 1. The van der Waals surface area contributed by atoms with Crippen molar-refractivity contribution in [3.8, 4) is 0 Å². The Hall–Kier alpha value is -1.27.